The summed E-state index contributed by atoms with van der Waals surface area (Å²) in [4.78, 5) is 4.34. The lowest BCUT2D eigenvalue weighted by atomic mass is 10.2. The highest BCUT2D eigenvalue weighted by Crippen LogP contribution is 2.08. The minimum atomic E-state index is 0.330. The van der Waals surface area contributed by atoms with Gasteiger partial charge in [-0.3, -0.25) is 0 Å². The van der Waals surface area contributed by atoms with Gasteiger partial charge in [0.25, 0.3) is 0 Å². The molecule has 0 bridgehead atoms. The van der Waals surface area contributed by atoms with E-state index in [0.29, 0.717) is 11.2 Å². The molecule has 0 saturated carbocycles. The molecule has 0 aromatic carbocycles. The molecule has 0 spiro atoms. The SMILES string of the molecule is Cc1cc(C)nc(NC(=S)NC(C)C)c1. The quantitative estimate of drug-likeness (QED) is 0.755. The Bertz CT molecular complexity index is 341. The third kappa shape index (κ3) is 4.25. The molecule has 2 N–H and O–H groups in total. The van der Waals surface area contributed by atoms with Crippen LogP contribution in [0.25, 0.3) is 0 Å². The highest BCUT2D eigenvalue weighted by molar-refractivity contribution is 7.80. The molecule has 0 fully saturated rings. The van der Waals surface area contributed by atoms with Gasteiger partial charge in [0.2, 0.25) is 0 Å². The van der Waals surface area contributed by atoms with Crippen LogP contribution in [0.5, 0.6) is 0 Å². The van der Waals surface area contributed by atoms with Gasteiger partial charge < -0.3 is 10.6 Å². The van der Waals surface area contributed by atoms with E-state index in [0.717, 1.165) is 11.5 Å². The van der Waals surface area contributed by atoms with E-state index >= 15 is 0 Å². The molecule has 0 radical (unpaired) electrons. The van der Waals surface area contributed by atoms with E-state index < -0.39 is 0 Å². The van der Waals surface area contributed by atoms with Crippen LogP contribution in [-0.2, 0) is 0 Å². The smallest absolute Gasteiger partial charge is 0.172 e. The summed E-state index contributed by atoms with van der Waals surface area (Å²) >= 11 is 5.14. The number of nitrogens with zero attached hydrogens (tertiary/aromatic N) is 1. The molecule has 0 aliphatic rings. The Morgan fingerprint density at radius 2 is 2.00 bits per heavy atom. The molecule has 0 unspecified atom stereocenters. The fourth-order valence-electron chi connectivity index (χ4n) is 1.32. The van der Waals surface area contributed by atoms with Crippen LogP contribution in [-0.4, -0.2) is 16.1 Å². The van der Waals surface area contributed by atoms with E-state index in [1.807, 2.05) is 39.8 Å². The number of hydrogen-bond acceptors (Lipinski definition) is 2. The molecule has 15 heavy (non-hydrogen) atoms. The maximum atomic E-state index is 5.14. The molecule has 1 aromatic heterocycles. The lowest BCUT2D eigenvalue weighted by Gasteiger charge is -2.13. The van der Waals surface area contributed by atoms with E-state index in [4.69, 9.17) is 12.2 Å². The van der Waals surface area contributed by atoms with Gasteiger partial charge in [0.15, 0.2) is 5.11 Å². The molecular weight excluding hydrogens is 206 g/mol. The molecule has 1 aromatic rings. The second kappa shape index (κ2) is 5.07. The lowest BCUT2D eigenvalue weighted by Crippen LogP contribution is -2.34. The minimum Gasteiger partial charge on any atom is -0.360 e. The van der Waals surface area contributed by atoms with Gasteiger partial charge in [0.05, 0.1) is 0 Å². The molecule has 3 nitrogen and oxygen atoms in total. The molecule has 1 heterocycles. The normalized spacial score (nSPS) is 10.2. The summed E-state index contributed by atoms with van der Waals surface area (Å²) in [6.45, 7) is 8.10. The summed E-state index contributed by atoms with van der Waals surface area (Å²) in [6.07, 6.45) is 0. The van der Waals surface area contributed by atoms with E-state index in [-0.39, 0.29) is 0 Å². The van der Waals surface area contributed by atoms with Crippen molar-refractivity contribution in [3.8, 4) is 0 Å². The monoisotopic (exact) mass is 223 g/mol. The molecule has 4 heteroatoms. The summed E-state index contributed by atoms with van der Waals surface area (Å²) in [5.74, 6) is 0.797. The zero-order valence-corrected chi connectivity index (χ0v) is 10.4. The molecule has 0 aliphatic heterocycles. The van der Waals surface area contributed by atoms with Crippen molar-refractivity contribution in [2.45, 2.75) is 33.7 Å². The Hall–Kier alpha value is -1.16. The predicted molar refractivity (Wildman–Crippen MR) is 68.2 cm³/mol. The molecule has 82 valence electrons. The van der Waals surface area contributed by atoms with Crippen molar-refractivity contribution in [1.82, 2.24) is 10.3 Å². The van der Waals surface area contributed by atoms with E-state index in [1.165, 1.54) is 5.56 Å². The largest absolute Gasteiger partial charge is 0.360 e. The van der Waals surface area contributed by atoms with Gasteiger partial charge in [-0.15, -0.1) is 0 Å². The van der Waals surface area contributed by atoms with Gasteiger partial charge in [-0.25, -0.2) is 4.98 Å². The number of hydrogen-bond donors (Lipinski definition) is 2. The standard InChI is InChI=1S/C11H17N3S/c1-7(2)12-11(15)14-10-6-8(3)5-9(4)13-10/h5-7H,1-4H3,(H2,12,13,14,15). The average Bonchev–Trinajstić information content (AvgIpc) is 1.98. The molecule has 0 amide bonds. The first-order valence-electron chi connectivity index (χ1n) is 5.00. The number of anilines is 1. The molecule has 0 saturated heterocycles. The predicted octanol–water partition coefficient (Wildman–Crippen LogP) is 2.39. The lowest BCUT2D eigenvalue weighted by molar-refractivity contribution is 0.739. The van der Waals surface area contributed by atoms with Gasteiger partial charge in [-0.2, -0.15) is 0 Å². The number of rotatable bonds is 2. The van der Waals surface area contributed by atoms with Crippen LogP contribution in [0, 0.1) is 13.8 Å². The fraction of sp³-hybridized carbons (Fsp3) is 0.455. The van der Waals surface area contributed by atoms with Crippen molar-refractivity contribution >= 4 is 23.1 Å². The topological polar surface area (TPSA) is 37.0 Å². The van der Waals surface area contributed by atoms with Crippen LogP contribution in [0.2, 0.25) is 0 Å². The number of nitrogens with one attached hydrogen (secondary N) is 2. The van der Waals surface area contributed by atoms with Crippen molar-refractivity contribution in [2.24, 2.45) is 0 Å². The summed E-state index contributed by atoms with van der Waals surface area (Å²) in [7, 11) is 0. The zero-order valence-electron chi connectivity index (χ0n) is 9.59. The fourth-order valence-corrected chi connectivity index (χ4v) is 1.66. The van der Waals surface area contributed by atoms with Gasteiger partial charge in [-0.1, -0.05) is 0 Å². The molecule has 0 aliphatic carbocycles. The average molecular weight is 223 g/mol. The maximum absolute atomic E-state index is 5.14. The molecular formula is C11H17N3S. The maximum Gasteiger partial charge on any atom is 0.172 e. The highest BCUT2D eigenvalue weighted by atomic mass is 32.1. The highest BCUT2D eigenvalue weighted by Gasteiger charge is 2.01. The van der Waals surface area contributed by atoms with E-state index in [2.05, 4.69) is 15.6 Å². The van der Waals surface area contributed by atoms with E-state index in [1.54, 1.807) is 0 Å². The van der Waals surface area contributed by atoms with Crippen molar-refractivity contribution in [3.05, 3.63) is 23.4 Å². The van der Waals surface area contributed by atoms with Crippen LogP contribution >= 0.6 is 12.2 Å². The third-order valence-corrected chi connectivity index (χ3v) is 1.98. The number of pyridine rings is 1. The summed E-state index contributed by atoms with van der Waals surface area (Å²) in [6, 6.07) is 4.33. The Labute approximate surface area is 96.3 Å². The van der Waals surface area contributed by atoms with Gasteiger partial charge in [0.1, 0.15) is 5.82 Å². The Balaban J connectivity index is 2.68. The third-order valence-electron chi connectivity index (χ3n) is 1.76. The Morgan fingerprint density at radius 1 is 1.33 bits per heavy atom. The number of aryl methyl sites for hydroxylation is 2. The first-order chi connectivity index (χ1) is 6.97. The van der Waals surface area contributed by atoms with Crippen LogP contribution in [0.4, 0.5) is 5.82 Å². The Kier molecular flexibility index (Phi) is 4.03. The van der Waals surface area contributed by atoms with Crippen molar-refractivity contribution in [1.29, 1.82) is 0 Å². The second-order valence-corrected chi connectivity index (χ2v) is 4.33. The van der Waals surface area contributed by atoms with Crippen molar-refractivity contribution in [2.75, 3.05) is 5.32 Å². The van der Waals surface area contributed by atoms with Gasteiger partial charge in [0, 0.05) is 11.7 Å². The summed E-state index contributed by atoms with van der Waals surface area (Å²) < 4.78 is 0. The van der Waals surface area contributed by atoms with Gasteiger partial charge >= 0.3 is 0 Å². The summed E-state index contributed by atoms with van der Waals surface area (Å²) in [5, 5.41) is 6.79. The zero-order chi connectivity index (χ0) is 11.4. The van der Waals surface area contributed by atoms with Crippen LogP contribution in [0.3, 0.4) is 0 Å². The molecule has 0 atom stereocenters. The van der Waals surface area contributed by atoms with Crippen LogP contribution < -0.4 is 10.6 Å². The van der Waals surface area contributed by atoms with Crippen LogP contribution in [0.1, 0.15) is 25.1 Å². The number of thiocarbonyl (C=S) groups is 1. The first-order valence-corrected chi connectivity index (χ1v) is 5.41. The van der Waals surface area contributed by atoms with Gasteiger partial charge in [-0.05, 0) is 57.6 Å². The first kappa shape index (κ1) is 11.9. The van der Waals surface area contributed by atoms with Crippen LogP contribution in [0.15, 0.2) is 12.1 Å². The van der Waals surface area contributed by atoms with Crippen molar-refractivity contribution < 1.29 is 0 Å². The number of aromatic nitrogens is 1. The second-order valence-electron chi connectivity index (χ2n) is 3.92. The molecule has 1 rings (SSSR count). The van der Waals surface area contributed by atoms with E-state index in [9.17, 15) is 0 Å². The minimum absolute atomic E-state index is 0.330. The van der Waals surface area contributed by atoms with Crippen molar-refractivity contribution in [3.63, 3.8) is 0 Å². The summed E-state index contributed by atoms with van der Waals surface area (Å²) in [5.41, 5.74) is 2.17. The Morgan fingerprint density at radius 3 is 2.53 bits per heavy atom.